The molecule has 0 rings (SSSR count). The molecule has 0 aliphatic carbocycles. The minimum Gasteiger partial charge on any atom is -0.0896 e. The highest BCUT2D eigenvalue weighted by atomic mass is 127. The van der Waals surface area contributed by atoms with Crippen molar-refractivity contribution in [3.8, 4) is 0 Å². The predicted octanol–water partition coefficient (Wildman–Crippen LogP) is 3.63. The van der Waals surface area contributed by atoms with Gasteiger partial charge in [-0.1, -0.05) is 19.4 Å². The topological polar surface area (TPSA) is 0 Å². The van der Waals surface area contributed by atoms with Crippen LogP contribution in [0.25, 0.3) is 0 Å². The molecule has 0 N–H and O–H groups in total. The molecule has 0 unspecified atom stereocenters. The van der Waals surface area contributed by atoms with Crippen molar-refractivity contribution in [2.75, 3.05) is 0 Å². The highest BCUT2D eigenvalue weighted by Crippen LogP contribution is 3.03. The molecular formula is F5IS. The third-order valence-corrected chi connectivity index (χ3v) is 0. The van der Waals surface area contributed by atoms with Crippen molar-refractivity contribution >= 4 is 28.6 Å². The Kier molecular flexibility index (Phi) is 0.986. The molecule has 0 aromatic rings. The van der Waals surface area contributed by atoms with Crippen LogP contribution in [0.1, 0.15) is 0 Å². The Hall–Kier alpha value is 0.730. The highest BCUT2D eigenvalue weighted by Gasteiger charge is 2.60. The molecule has 0 radical (unpaired) electrons. The largest absolute Gasteiger partial charge is 0.330 e. The van der Waals surface area contributed by atoms with Crippen LogP contribution in [0.3, 0.4) is 0 Å². The average molecular weight is 254 g/mol. The van der Waals surface area contributed by atoms with Crippen molar-refractivity contribution in [3.63, 3.8) is 0 Å². The highest BCUT2D eigenvalue weighted by molar-refractivity contribution is 14.2. The van der Waals surface area contributed by atoms with E-state index in [4.69, 9.17) is 0 Å². The van der Waals surface area contributed by atoms with Crippen LogP contribution >= 0.6 is 28.6 Å². The first-order chi connectivity index (χ1) is 2.45. The van der Waals surface area contributed by atoms with E-state index in [2.05, 4.69) is 0 Å². The van der Waals surface area contributed by atoms with Gasteiger partial charge in [-0.15, -0.1) is 0 Å². The molecule has 0 saturated carbocycles. The Balaban J connectivity index is 4.43. The molecule has 0 aromatic heterocycles. The number of hydrogen-bond donors (Lipinski definition) is 0. The van der Waals surface area contributed by atoms with E-state index in [0.717, 1.165) is 0 Å². The summed E-state index contributed by atoms with van der Waals surface area (Å²) in [6, 6.07) is 0. The number of rotatable bonds is 0. The first-order valence-electron chi connectivity index (χ1n) is 0.926. The summed E-state index contributed by atoms with van der Waals surface area (Å²) in [6.07, 6.45) is 0. The number of halogens is 6. The van der Waals surface area contributed by atoms with Crippen molar-refractivity contribution in [1.82, 2.24) is 0 Å². The maximum atomic E-state index is 10.5. The zero-order chi connectivity index (χ0) is 6.41. The summed E-state index contributed by atoms with van der Waals surface area (Å²) < 4.78 is 52.5. The summed E-state index contributed by atoms with van der Waals surface area (Å²) in [5.41, 5.74) is 0. The van der Waals surface area contributed by atoms with Crippen molar-refractivity contribution in [2.45, 2.75) is 0 Å². The van der Waals surface area contributed by atoms with Crippen LogP contribution in [0, 0.1) is 0 Å². The molecule has 7 heavy (non-hydrogen) atoms. The van der Waals surface area contributed by atoms with Gasteiger partial charge in [-0.25, -0.2) is 0 Å². The van der Waals surface area contributed by atoms with Gasteiger partial charge in [-0.2, -0.15) is 0 Å². The van der Waals surface area contributed by atoms with Gasteiger partial charge in [0, 0.05) is 0 Å². The van der Waals surface area contributed by atoms with Crippen LogP contribution in [-0.2, 0) is 0 Å². The van der Waals surface area contributed by atoms with Crippen molar-refractivity contribution < 1.29 is 19.4 Å². The lowest BCUT2D eigenvalue weighted by Crippen LogP contribution is -1.88. The second kappa shape index (κ2) is 0.893. The van der Waals surface area contributed by atoms with Crippen LogP contribution < -0.4 is 0 Å². The molecule has 0 atom stereocenters. The van der Waals surface area contributed by atoms with Crippen LogP contribution in [0.4, 0.5) is 19.4 Å². The first kappa shape index (κ1) is 7.73. The summed E-state index contributed by atoms with van der Waals surface area (Å²) in [6.45, 7) is 0. The molecule has 0 aliphatic rings. The summed E-state index contributed by atoms with van der Waals surface area (Å²) in [5, 5.41) is 0. The van der Waals surface area contributed by atoms with Gasteiger partial charge in [0.05, 0.1) is 0 Å². The SMILES string of the molecule is FS(F)(F)(F)(F)I. The normalized spacial score (nSPS) is 23.1. The third kappa shape index (κ3) is 283. The van der Waals surface area contributed by atoms with Gasteiger partial charge in [0.25, 0.3) is 0 Å². The number of hydrogen-bond acceptors (Lipinski definition) is 0. The Morgan fingerprint density at radius 1 is 0.857 bits per heavy atom. The van der Waals surface area contributed by atoms with E-state index in [0.29, 0.717) is 0 Å². The van der Waals surface area contributed by atoms with Crippen LogP contribution in [-0.4, -0.2) is 0 Å². The second-order valence-corrected chi connectivity index (χ2v) is 7.62. The van der Waals surface area contributed by atoms with Gasteiger partial charge in [-0.05, 0) is 0 Å². The van der Waals surface area contributed by atoms with Crippen molar-refractivity contribution in [2.24, 2.45) is 0 Å². The summed E-state index contributed by atoms with van der Waals surface area (Å²) in [7, 11) is -9.00. The molecule has 0 amide bonds. The molecule has 0 aliphatic heterocycles. The minimum absolute atomic E-state index is 0.769. The maximum Gasteiger partial charge on any atom is 0.330 e. The third-order valence-electron chi connectivity index (χ3n) is 0. The first-order valence-corrected chi connectivity index (χ1v) is 5.42. The minimum atomic E-state index is -9.00. The fourth-order valence-corrected chi connectivity index (χ4v) is 0. The zero-order valence-electron chi connectivity index (χ0n) is 2.68. The Bertz CT molecular complexity index is 66.6. The van der Waals surface area contributed by atoms with E-state index in [1.54, 1.807) is 0 Å². The Morgan fingerprint density at radius 3 is 0.857 bits per heavy atom. The standard InChI is InChI=1S/F5IS/c1-7(2,3,4,5)6. The van der Waals surface area contributed by atoms with Gasteiger partial charge in [-0.3, -0.25) is 0 Å². The lowest BCUT2D eigenvalue weighted by Gasteiger charge is -2.32. The molecular weight excluding hydrogens is 254 g/mol. The van der Waals surface area contributed by atoms with E-state index in [1.165, 1.54) is 0 Å². The van der Waals surface area contributed by atoms with Crippen LogP contribution in [0.5, 0.6) is 0 Å². The fourth-order valence-electron chi connectivity index (χ4n) is 0. The predicted molar refractivity (Wildman–Crippen MR) is 27.2 cm³/mol. The summed E-state index contributed by atoms with van der Waals surface area (Å²) in [5.74, 6) is 0. The molecule has 0 bridgehead atoms. The second-order valence-electron chi connectivity index (χ2n) is 0.875. The van der Waals surface area contributed by atoms with E-state index >= 15 is 0 Å². The molecule has 0 aromatic carbocycles. The maximum absolute atomic E-state index is 10.5. The lowest BCUT2D eigenvalue weighted by atomic mass is 18.6. The van der Waals surface area contributed by atoms with Gasteiger partial charge < -0.3 is 0 Å². The van der Waals surface area contributed by atoms with Gasteiger partial charge in [0.1, 0.15) is 21.2 Å². The quantitative estimate of drug-likeness (QED) is 0.457. The summed E-state index contributed by atoms with van der Waals surface area (Å²) in [4.78, 5) is 0. The van der Waals surface area contributed by atoms with Gasteiger partial charge in [0.15, 0.2) is 0 Å². The summed E-state index contributed by atoms with van der Waals surface area (Å²) >= 11 is -0.769. The van der Waals surface area contributed by atoms with Crippen molar-refractivity contribution in [3.05, 3.63) is 0 Å². The van der Waals surface area contributed by atoms with Crippen LogP contribution in [0.2, 0.25) is 0 Å². The fraction of sp³-hybridized carbons (Fsp3) is 0. The van der Waals surface area contributed by atoms with E-state index < -0.39 is 28.6 Å². The molecule has 0 heterocycles. The monoisotopic (exact) mass is 254 g/mol. The van der Waals surface area contributed by atoms with Gasteiger partial charge >= 0.3 is 7.40 Å². The van der Waals surface area contributed by atoms with E-state index in [1.807, 2.05) is 0 Å². The Labute approximate surface area is 48.4 Å². The molecule has 7 heteroatoms. The van der Waals surface area contributed by atoms with Crippen molar-refractivity contribution in [1.29, 1.82) is 0 Å². The molecule has 0 saturated heterocycles. The average Bonchev–Trinajstić information content (AvgIpc) is 0.592. The zero-order valence-corrected chi connectivity index (χ0v) is 5.65. The smallest absolute Gasteiger partial charge is 0.0896 e. The molecule has 0 fully saturated rings. The van der Waals surface area contributed by atoms with Gasteiger partial charge in [0.2, 0.25) is 0 Å². The molecule has 0 spiro atoms. The lowest BCUT2D eigenvalue weighted by molar-refractivity contribution is 0.409. The molecule has 48 valence electrons. The van der Waals surface area contributed by atoms with Crippen LogP contribution in [0.15, 0.2) is 0 Å². The van der Waals surface area contributed by atoms with E-state index in [-0.39, 0.29) is 0 Å². The Morgan fingerprint density at radius 2 is 0.857 bits per heavy atom. The van der Waals surface area contributed by atoms with E-state index in [9.17, 15) is 19.4 Å². The molecule has 0 nitrogen and oxygen atoms in total.